The molecule has 0 saturated carbocycles. The van der Waals surface area contributed by atoms with Crippen molar-refractivity contribution in [1.29, 1.82) is 0 Å². The van der Waals surface area contributed by atoms with Gasteiger partial charge in [-0.3, -0.25) is 19.3 Å². The number of hydrogen-bond acceptors (Lipinski definition) is 7. The summed E-state index contributed by atoms with van der Waals surface area (Å²) < 4.78 is 15.2. The van der Waals surface area contributed by atoms with Crippen LogP contribution in [0.2, 0.25) is 0 Å². The molecular formula is C23H25NO7. The van der Waals surface area contributed by atoms with E-state index in [-0.39, 0.29) is 18.9 Å². The lowest BCUT2D eigenvalue weighted by Crippen LogP contribution is -2.39. The van der Waals surface area contributed by atoms with Crippen molar-refractivity contribution in [2.75, 3.05) is 31.3 Å². The van der Waals surface area contributed by atoms with E-state index in [0.717, 1.165) is 0 Å². The van der Waals surface area contributed by atoms with Gasteiger partial charge in [-0.2, -0.15) is 0 Å². The minimum Gasteiger partial charge on any atom is -0.482 e. The lowest BCUT2D eigenvalue weighted by atomic mass is 10.1. The third-order valence-corrected chi connectivity index (χ3v) is 4.17. The van der Waals surface area contributed by atoms with E-state index in [1.807, 2.05) is 0 Å². The Bertz CT molecular complexity index is 894. The number of esters is 2. The van der Waals surface area contributed by atoms with Crippen LogP contribution < -0.4 is 9.64 Å². The Hall–Kier alpha value is -3.68. The predicted molar refractivity (Wildman–Crippen MR) is 113 cm³/mol. The molecule has 0 saturated heterocycles. The molecular weight excluding hydrogens is 402 g/mol. The van der Waals surface area contributed by atoms with Crippen LogP contribution in [0.25, 0.3) is 0 Å². The molecule has 8 heteroatoms. The van der Waals surface area contributed by atoms with Crippen LogP contribution in [0.15, 0.2) is 54.6 Å². The number of anilines is 1. The van der Waals surface area contributed by atoms with Crippen LogP contribution in [0.5, 0.6) is 5.75 Å². The summed E-state index contributed by atoms with van der Waals surface area (Å²) in [6, 6.07) is 14.9. The SMILES string of the molecule is CCOC(=O)CN(C(=O)COC(=O)COc1ccc(C(=O)CC)cc1)c1ccccc1. The zero-order valence-electron chi connectivity index (χ0n) is 17.5. The number of nitrogens with zero attached hydrogens (tertiary/aromatic N) is 1. The molecule has 0 bridgehead atoms. The van der Waals surface area contributed by atoms with Crippen molar-refractivity contribution in [3.05, 3.63) is 60.2 Å². The van der Waals surface area contributed by atoms with Crippen molar-refractivity contribution in [2.24, 2.45) is 0 Å². The van der Waals surface area contributed by atoms with E-state index in [0.29, 0.717) is 23.4 Å². The molecule has 0 radical (unpaired) electrons. The van der Waals surface area contributed by atoms with Gasteiger partial charge in [0.1, 0.15) is 12.3 Å². The molecule has 0 aliphatic heterocycles. The first-order valence-electron chi connectivity index (χ1n) is 9.87. The first kappa shape index (κ1) is 23.6. The number of carbonyl (C=O) groups excluding carboxylic acids is 4. The van der Waals surface area contributed by atoms with Gasteiger partial charge in [-0.15, -0.1) is 0 Å². The van der Waals surface area contributed by atoms with Crippen molar-refractivity contribution >= 4 is 29.3 Å². The van der Waals surface area contributed by atoms with Gasteiger partial charge >= 0.3 is 11.9 Å². The summed E-state index contributed by atoms with van der Waals surface area (Å²) in [5.41, 5.74) is 1.04. The highest BCUT2D eigenvalue weighted by Crippen LogP contribution is 2.15. The third-order valence-electron chi connectivity index (χ3n) is 4.17. The maximum atomic E-state index is 12.6. The summed E-state index contributed by atoms with van der Waals surface area (Å²) in [7, 11) is 0. The number of ketones is 1. The molecule has 0 heterocycles. The van der Waals surface area contributed by atoms with Gasteiger partial charge in [-0.05, 0) is 43.3 Å². The molecule has 0 N–H and O–H groups in total. The van der Waals surface area contributed by atoms with Gasteiger partial charge in [-0.25, -0.2) is 4.79 Å². The minimum absolute atomic E-state index is 0.00950. The van der Waals surface area contributed by atoms with Crippen LogP contribution in [0.3, 0.4) is 0 Å². The van der Waals surface area contributed by atoms with Crippen LogP contribution in [-0.4, -0.2) is 50.0 Å². The fraction of sp³-hybridized carbons (Fsp3) is 0.304. The number of benzene rings is 2. The van der Waals surface area contributed by atoms with Crippen LogP contribution in [0, 0.1) is 0 Å². The van der Waals surface area contributed by atoms with Crippen LogP contribution in [0.4, 0.5) is 5.69 Å². The van der Waals surface area contributed by atoms with Gasteiger partial charge in [-0.1, -0.05) is 25.1 Å². The molecule has 0 atom stereocenters. The summed E-state index contributed by atoms with van der Waals surface area (Å²) in [4.78, 5) is 49.2. The smallest absolute Gasteiger partial charge is 0.344 e. The predicted octanol–water partition coefficient (Wildman–Crippen LogP) is 2.80. The summed E-state index contributed by atoms with van der Waals surface area (Å²) in [6.45, 7) is 2.38. The molecule has 1 amide bonds. The Morgan fingerprint density at radius 2 is 1.48 bits per heavy atom. The zero-order valence-corrected chi connectivity index (χ0v) is 17.5. The van der Waals surface area contributed by atoms with Gasteiger partial charge in [0, 0.05) is 17.7 Å². The number of Topliss-reactive ketones (excluding diaryl/α,β-unsaturated/α-hetero) is 1. The van der Waals surface area contributed by atoms with Crippen LogP contribution in [-0.2, 0) is 23.9 Å². The maximum absolute atomic E-state index is 12.6. The Morgan fingerprint density at radius 1 is 0.806 bits per heavy atom. The van der Waals surface area contributed by atoms with Crippen LogP contribution >= 0.6 is 0 Å². The maximum Gasteiger partial charge on any atom is 0.344 e. The first-order chi connectivity index (χ1) is 14.9. The largest absolute Gasteiger partial charge is 0.482 e. The molecule has 2 aromatic carbocycles. The molecule has 0 aliphatic rings. The van der Waals surface area contributed by atoms with Gasteiger partial charge < -0.3 is 14.2 Å². The Morgan fingerprint density at radius 3 is 2.10 bits per heavy atom. The van der Waals surface area contributed by atoms with E-state index >= 15 is 0 Å². The summed E-state index contributed by atoms with van der Waals surface area (Å²) in [5.74, 6) is -1.49. The quantitative estimate of drug-likeness (QED) is 0.402. The normalized spacial score (nSPS) is 10.1. The standard InChI is InChI=1S/C23H25NO7/c1-3-20(25)17-10-12-19(13-11-17)30-16-23(28)31-15-21(26)24(14-22(27)29-4-2)18-8-6-5-7-9-18/h5-13H,3-4,14-16H2,1-2H3. The number of para-hydroxylation sites is 1. The van der Waals surface area contributed by atoms with Crippen molar-refractivity contribution in [3.63, 3.8) is 0 Å². The lowest BCUT2D eigenvalue weighted by Gasteiger charge is -2.21. The molecule has 0 spiro atoms. The number of amides is 1. The van der Waals surface area contributed by atoms with Crippen molar-refractivity contribution in [3.8, 4) is 5.75 Å². The second-order valence-corrected chi connectivity index (χ2v) is 6.37. The summed E-state index contributed by atoms with van der Waals surface area (Å²) in [5, 5.41) is 0. The highest BCUT2D eigenvalue weighted by atomic mass is 16.6. The molecule has 31 heavy (non-hydrogen) atoms. The average molecular weight is 427 g/mol. The molecule has 0 unspecified atom stereocenters. The topological polar surface area (TPSA) is 99.2 Å². The van der Waals surface area contributed by atoms with E-state index in [1.165, 1.54) is 4.90 Å². The average Bonchev–Trinajstić information content (AvgIpc) is 2.80. The van der Waals surface area contributed by atoms with Gasteiger partial charge in [0.05, 0.1) is 6.61 Å². The van der Waals surface area contributed by atoms with E-state index < -0.39 is 31.1 Å². The molecule has 0 aromatic heterocycles. The molecule has 0 fully saturated rings. The van der Waals surface area contributed by atoms with E-state index in [9.17, 15) is 19.2 Å². The Labute approximate surface area is 180 Å². The molecule has 164 valence electrons. The fourth-order valence-electron chi connectivity index (χ4n) is 2.61. The molecule has 8 nitrogen and oxygen atoms in total. The molecule has 2 aromatic rings. The molecule has 2 rings (SSSR count). The second kappa shape index (κ2) is 12.1. The first-order valence-corrected chi connectivity index (χ1v) is 9.87. The summed E-state index contributed by atoms with van der Waals surface area (Å²) >= 11 is 0. The minimum atomic E-state index is -0.744. The Balaban J connectivity index is 1.88. The summed E-state index contributed by atoms with van der Waals surface area (Å²) in [6.07, 6.45) is 0.400. The van der Waals surface area contributed by atoms with E-state index in [4.69, 9.17) is 14.2 Å². The van der Waals surface area contributed by atoms with Crippen LogP contribution in [0.1, 0.15) is 30.6 Å². The van der Waals surface area contributed by atoms with Crippen molar-refractivity contribution < 1.29 is 33.4 Å². The van der Waals surface area contributed by atoms with Gasteiger partial charge in [0.15, 0.2) is 19.0 Å². The third kappa shape index (κ3) is 7.58. The number of hydrogen-bond donors (Lipinski definition) is 0. The number of carbonyl (C=O) groups is 4. The highest BCUT2D eigenvalue weighted by Gasteiger charge is 2.21. The van der Waals surface area contributed by atoms with Gasteiger partial charge in [0.2, 0.25) is 0 Å². The second-order valence-electron chi connectivity index (χ2n) is 6.37. The lowest BCUT2D eigenvalue weighted by molar-refractivity contribution is -0.150. The van der Waals surface area contributed by atoms with E-state index in [1.54, 1.807) is 68.4 Å². The highest BCUT2D eigenvalue weighted by molar-refractivity contribution is 5.99. The fourth-order valence-corrected chi connectivity index (χ4v) is 2.61. The molecule has 0 aliphatic carbocycles. The van der Waals surface area contributed by atoms with Crippen molar-refractivity contribution in [1.82, 2.24) is 0 Å². The zero-order chi connectivity index (χ0) is 22.6. The van der Waals surface area contributed by atoms with Crippen molar-refractivity contribution in [2.45, 2.75) is 20.3 Å². The number of ether oxygens (including phenoxy) is 3. The number of rotatable bonds is 11. The van der Waals surface area contributed by atoms with E-state index in [2.05, 4.69) is 0 Å². The monoisotopic (exact) mass is 427 g/mol. The van der Waals surface area contributed by atoms with Gasteiger partial charge in [0.25, 0.3) is 5.91 Å². The Kier molecular flexibility index (Phi) is 9.22.